The van der Waals surface area contributed by atoms with Crippen molar-refractivity contribution in [2.75, 3.05) is 28.4 Å². The number of benzene rings is 4. The van der Waals surface area contributed by atoms with Crippen LogP contribution in [0.15, 0.2) is 97.1 Å². The number of carbonyl (C=O) groups is 4. The van der Waals surface area contributed by atoms with Gasteiger partial charge in [0.05, 0.1) is 23.9 Å². The van der Waals surface area contributed by atoms with Crippen LogP contribution in [0.1, 0.15) is 41.4 Å². The fourth-order valence-corrected chi connectivity index (χ4v) is 4.94. The van der Waals surface area contributed by atoms with E-state index in [0.717, 1.165) is 28.4 Å². The number of aliphatic hydroxyl groups is 4. The standard InChI is InChI=1S/4C7H5IO2.4CH4O.2Cu/c4*8-6-4-2-1-3-5(6)7(9)10;4*1-2;;/h4*1-4H,(H,9,10);4*2H,1H3;;/q;;;;;;;;2*+2/p-4. The number of carbonyl (C=O) groups excluding carboxylic acids is 4. The third-order valence-corrected chi connectivity index (χ3v) is 8.14. The number of carboxylic acids is 4. The SMILES string of the molecule is CO.CO.CO.CO.O=C([O-])c1ccccc1I.O=C([O-])c1ccccc1I.O=C([O-])c1ccccc1I.O=C([O-])c1ccccc1I.[Cu+2].[Cu+2]. The fraction of sp³-hybridized carbons (Fsp3) is 0.125. The molecule has 0 aliphatic carbocycles. The Morgan fingerprint density at radius 1 is 0.360 bits per heavy atom. The van der Waals surface area contributed by atoms with E-state index in [2.05, 4.69) is 0 Å². The second kappa shape index (κ2) is 40.3. The summed E-state index contributed by atoms with van der Waals surface area (Å²) < 4.78 is 2.83. The van der Waals surface area contributed by atoms with Gasteiger partial charge in [0, 0.05) is 65.0 Å². The molecule has 0 atom stereocenters. The molecule has 0 spiro atoms. The van der Waals surface area contributed by atoms with Crippen LogP contribution in [-0.4, -0.2) is 72.7 Å². The molecule has 4 rings (SSSR count). The Morgan fingerprint density at radius 2 is 0.480 bits per heavy atom. The van der Waals surface area contributed by atoms with Crippen LogP contribution in [0.25, 0.3) is 0 Å². The van der Waals surface area contributed by atoms with Crippen molar-refractivity contribution in [1.82, 2.24) is 0 Å². The number of aliphatic hydroxyl groups excluding tert-OH is 4. The van der Waals surface area contributed by atoms with Crippen molar-refractivity contribution < 1.29 is 94.2 Å². The molecule has 0 unspecified atom stereocenters. The molecule has 0 aromatic heterocycles. The second-order valence-electron chi connectivity index (χ2n) is 7.07. The summed E-state index contributed by atoms with van der Waals surface area (Å²) in [6, 6.07) is 26.9. The van der Waals surface area contributed by atoms with Gasteiger partial charge in [0.2, 0.25) is 0 Å². The van der Waals surface area contributed by atoms with Crippen LogP contribution in [0.4, 0.5) is 0 Å². The maximum Gasteiger partial charge on any atom is 2.00 e. The Bertz CT molecular complexity index is 1280. The van der Waals surface area contributed by atoms with E-state index in [-0.39, 0.29) is 56.4 Å². The zero-order valence-corrected chi connectivity index (χ0v) is 36.9. The van der Waals surface area contributed by atoms with E-state index in [9.17, 15) is 39.6 Å². The van der Waals surface area contributed by atoms with Gasteiger partial charge in [0.25, 0.3) is 0 Å². The van der Waals surface area contributed by atoms with Gasteiger partial charge in [-0.2, -0.15) is 0 Å². The van der Waals surface area contributed by atoms with Crippen molar-refractivity contribution in [2.24, 2.45) is 0 Å². The number of rotatable bonds is 4. The van der Waals surface area contributed by atoms with E-state index in [1.165, 1.54) is 24.3 Å². The van der Waals surface area contributed by atoms with Crippen LogP contribution in [0.3, 0.4) is 0 Å². The molecule has 18 heteroatoms. The van der Waals surface area contributed by atoms with Gasteiger partial charge >= 0.3 is 34.1 Å². The molecule has 0 bridgehead atoms. The molecule has 0 fully saturated rings. The Morgan fingerprint density at radius 3 is 0.560 bits per heavy atom. The summed E-state index contributed by atoms with van der Waals surface area (Å²) >= 11 is 7.82. The van der Waals surface area contributed by atoms with Gasteiger partial charge in [-0.15, -0.1) is 0 Å². The Hall–Kier alpha value is -1.44. The molecule has 0 saturated carbocycles. The number of aromatic carboxylic acids is 4. The van der Waals surface area contributed by atoms with Gasteiger partial charge < -0.3 is 60.0 Å². The molecule has 4 aromatic rings. The molecule has 0 aliphatic rings. The molecule has 282 valence electrons. The third-order valence-electron chi connectivity index (χ3n) is 4.38. The van der Waals surface area contributed by atoms with E-state index in [0.29, 0.717) is 14.3 Å². The largest absolute Gasteiger partial charge is 2.00 e. The minimum atomic E-state index is -1.12. The molecule has 0 amide bonds. The first-order chi connectivity index (χ1) is 22.9. The Kier molecular flexibility index (Phi) is 48.9. The van der Waals surface area contributed by atoms with Crippen LogP contribution in [0, 0.1) is 14.3 Å². The summed E-state index contributed by atoms with van der Waals surface area (Å²) in [5, 5.41) is 69.2. The van der Waals surface area contributed by atoms with Gasteiger partial charge in [-0.3, -0.25) is 0 Å². The van der Waals surface area contributed by atoms with E-state index in [1.54, 1.807) is 72.8 Å². The van der Waals surface area contributed by atoms with Crippen LogP contribution in [0.5, 0.6) is 0 Å². The van der Waals surface area contributed by atoms with Crippen molar-refractivity contribution in [3.63, 3.8) is 0 Å². The van der Waals surface area contributed by atoms with Crippen molar-refractivity contribution in [2.45, 2.75) is 0 Å². The van der Waals surface area contributed by atoms with Crippen LogP contribution >= 0.6 is 90.4 Å². The third kappa shape index (κ3) is 28.2. The number of hydrogen-bond acceptors (Lipinski definition) is 12. The normalized spacial score (nSPS) is 7.92. The average molecular weight is 1240 g/mol. The molecular formula is C32H32Cu2I4O12. The van der Waals surface area contributed by atoms with Crippen molar-refractivity contribution >= 4 is 114 Å². The maximum atomic E-state index is 10.3. The first-order valence-electron chi connectivity index (χ1n) is 12.5. The molecule has 4 N–H and O–H groups in total. The van der Waals surface area contributed by atoms with Gasteiger partial charge in [-0.05, 0) is 115 Å². The Labute approximate surface area is 366 Å². The van der Waals surface area contributed by atoms with Gasteiger partial charge in [-0.25, -0.2) is 0 Å². The maximum absolute atomic E-state index is 10.3. The average Bonchev–Trinajstić information content (AvgIpc) is 3.09. The van der Waals surface area contributed by atoms with E-state index >= 15 is 0 Å². The van der Waals surface area contributed by atoms with Gasteiger partial charge in [0.15, 0.2) is 0 Å². The number of hydrogen-bond donors (Lipinski definition) is 4. The Balaban J connectivity index is -0.000000119. The summed E-state index contributed by atoms with van der Waals surface area (Å²) in [7, 11) is 4.00. The molecule has 0 heterocycles. The van der Waals surface area contributed by atoms with Crippen LogP contribution < -0.4 is 20.4 Å². The zero-order valence-electron chi connectivity index (χ0n) is 26.4. The summed E-state index contributed by atoms with van der Waals surface area (Å²) in [4.78, 5) is 41.2. The molecule has 50 heavy (non-hydrogen) atoms. The monoisotopic (exact) mass is 1240 g/mol. The van der Waals surface area contributed by atoms with Crippen LogP contribution in [-0.2, 0) is 34.1 Å². The summed E-state index contributed by atoms with van der Waals surface area (Å²) in [6.07, 6.45) is 0. The van der Waals surface area contributed by atoms with Crippen LogP contribution in [0.2, 0.25) is 0 Å². The molecule has 12 nitrogen and oxygen atoms in total. The minimum absolute atomic E-state index is 0. The first-order valence-corrected chi connectivity index (χ1v) is 16.8. The molecular weight excluding hydrogens is 1210 g/mol. The minimum Gasteiger partial charge on any atom is -0.545 e. The summed E-state index contributed by atoms with van der Waals surface area (Å²) in [6.45, 7) is 0. The first kappa shape index (κ1) is 60.6. The van der Waals surface area contributed by atoms with Gasteiger partial charge in [-0.1, -0.05) is 72.8 Å². The number of carboxylic acid groups (broad SMARTS) is 4. The predicted molar refractivity (Wildman–Crippen MR) is 207 cm³/mol. The fourth-order valence-electron chi connectivity index (χ4n) is 2.51. The van der Waals surface area contributed by atoms with E-state index < -0.39 is 23.9 Å². The van der Waals surface area contributed by atoms with Crippen molar-refractivity contribution in [3.8, 4) is 0 Å². The molecule has 2 radical (unpaired) electrons. The molecule has 4 aromatic carbocycles. The summed E-state index contributed by atoms with van der Waals surface area (Å²) in [5.74, 6) is -4.48. The predicted octanol–water partition coefficient (Wildman–Crippen LogP) is 1.05. The quantitative estimate of drug-likeness (QED) is 0.166. The second-order valence-corrected chi connectivity index (χ2v) is 11.7. The molecule has 0 aliphatic heterocycles. The summed E-state index contributed by atoms with van der Waals surface area (Å²) in [5.41, 5.74) is 1.01. The van der Waals surface area contributed by atoms with E-state index in [1.807, 2.05) is 90.4 Å². The number of halogens is 4. The zero-order chi connectivity index (χ0) is 38.2. The topological polar surface area (TPSA) is 241 Å². The van der Waals surface area contributed by atoms with Gasteiger partial charge in [0.1, 0.15) is 0 Å². The molecule has 0 saturated heterocycles. The smallest absolute Gasteiger partial charge is 0.545 e. The van der Waals surface area contributed by atoms with Crippen molar-refractivity contribution in [3.05, 3.63) is 134 Å². The van der Waals surface area contributed by atoms with E-state index in [4.69, 9.17) is 20.4 Å². The van der Waals surface area contributed by atoms with Crippen molar-refractivity contribution in [1.29, 1.82) is 0 Å².